The molecule has 0 atom stereocenters. The predicted molar refractivity (Wildman–Crippen MR) is 108 cm³/mol. The summed E-state index contributed by atoms with van der Waals surface area (Å²) in [5.41, 5.74) is 4.77. The summed E-state index contributed by atoms with van der Waals surface area (Å²) in [5.74, 6) is -2.14. The summed E-state index contributed by atoms with van der Waals surface area (Å²) in [4.78, 5) is 41.7. The van der Waals surface area contributed by atoms with Crippen LogP contribution in [0.5, 0.6) is 0 Å². The number of hydrogen-bond acceptors (Lipinski definition) is 8. The van der Waals surface area contributed by atoms with Crippen molar-refractivity contribution in [1.29, 1.82) is 0 Å². The molecule has 4 N–H and O–H groups in total. The van der Waals surface area contributed by atoms with Crippen molar-refractivity contribution in [2.24, 2.45) is 0 Å². The molecule has 2 aromatic carbocycles. The molecule has 30 heavy (non-hydrogen) atoms. The SMILES string of the molecule is O=C(O)c1ccc(Nc2ncnc(NNC(=O)c3ccccc3Cl)c2[N+](=O)[O-])cc1. The first-order valence-electron chi connectivity index (χ1n) is 8.27. The van der Waals surface area contributed by atoms with Gasteiger partial charge in [0.2, 0.25) is 11.6 Å². The van der Waals surface area contributed by atoms with E-state index in [0.29, 0.717) is 5.69 Å². The zero-order valence-corrected chi connectivity index (χ0v) is 15.8. The maximum absolute atomic E-state index is 12.2. The molecule has 0 saturated heterocycles. The predicted octanol–water partition coefficient (Wildman–Crippen LogP) is 3.24. The third-order valence-electron chi connectivity index (χ3n) is 3.81. The van der Waals surface area contributed by atoms with Crippen LogP contribution >= 0.6 is 11.6 Å². The van der Waals surface area contributed by atoms with Crippen molar-refractivity contribution in [2.75, 3.05) is 10.7 Å². The van der Waals surface area contributed by atoms with Crippen molar-refractivity contribution in [3.63, 3.8) is 0 Å². The highest BCUT2D eigenvalue weighted by atomic mass is 35.5. The lowest BCUT2D eigenvalue weighted by Crippen LogP contribution is -2.30. The summed E-state index contributed by atoms with van der Waals surface area (Å²) >= 11 is 5.96. The molecule has 3 rings (SSSR count). The van der Waals surface area contributed by atoms with Gasteiger partial charge in [-0.3, -0.25) is 25.8 Å². The van der Waals surface area contributed by atoms with Gasteiger partial charge < -0.3 is 10.4 Å². The van der Waals surface area contributed by atoms with E-state index < -0.39 is 22.5 Å². The molecule has 0 unspecified atom stereocenters. The number of nitro groups is 1. The third kappa shape index (κ3) is 4.59. The second kappa shape index (κ2) is 8.84. The van der Waals surface area contributed by atoms with Crippen molar-refractivity contribution < 1.29 is 19.6 Å². The van der Waals surface area contributed by atoms with Gasteiger partial charge in [-0.15, -0.1) is 0 Å². The highest BCUT2D eigenvalue weighted by molar-refractivity contribution is 6.33. The van der Waals surface area contributed by atoms with Gasteiger partial charge in [-0.1, -0.05) is 23.7 Å². The van der Waals surface area contributed by atoms with Crippen LogP contribution in [-0.4, -0.2) is 31.9 Å². The molecule has 12 heteroatoms. The number of anilines is 3. The summed E-state index contributed by atoms with van der Waals surface area (Å²) < 4.78 is 0. The molecule has 152 valence electrons. The van der Waals surface area contributed by atoms with Crippen LogP contribution in [0, 0.1) is 10.1 Å². The van der Waals surface area contributed by atoms with E-state index in [1.807, 2.05) is 0 Å². The Kier molecular flexibility index (Phi) is 6.03. The molecule has 0 aliphatic heterocycles. The van der Waals surface area contributed by atoms with Gasteiger partial charge in [0.15, 0.2) is 0 Å². The Bertz CT molecular complexity index is 1120. The van der Waals surface area contributed by atoms with Crippen LogP contribution in [0.3, 0.4) is 0 Å². The van der Waals surface area contributed by atoms with Gasteiger partial charge in [-0.25, -0.2) is 14.8 Å². The van der Waals surface area contributed by atoms with Gasteiger partial charge in [0.1, 0.15) is 6.33 Å². The second-order valence-electron chi connectivity index (χ2n) is 5.74. The fraction of sp³-hybridized carbons (Fsp3) is 0. The van der Waals surface area contributed by atoms with E-state index in [-0.39, 0.29) is 27.8 Å². The van der Waals surface area contributed by atoms with E-state index in [4.69, 9.17) is 16.7 Å². The number of carboxylic acid groups (broad SMARTS) is 1. The van der Waals surface area contributed by atoms with Crippen molar-refractivity contribution in [3.05, 3.63) is 81.1 Å². The van der Waals surface area contributed by atoms with Gasteiger partial charge in [-0.2, -0.15) is 0 Å². The minimum atomic E-state index is -1.10. The third-order valence-corrected chi connectivity index (χ3v) is 4.14. The van der Waals surface area contributed by atoms with E-state index in [1.54, 1.807) is 12.1 Å². The van der Waals surface area contributed by atoms with Crippen LogP contribution in [0.4, 0.5) is 23.0 Å². The molecule has 11 nitrogen and oxygen atoms in total. The van der Waals surface area contributed by atoms with E-state index in [9.17, 15) is 19.7 Å². The van der Waals surface area contributed by atoms with Gasteiger partial charge in [0, 0.05) is 5.69 Å². The Morgan fingerprint density at radius 2 is 1.70 bits per heavy atom. The Labute approximate surface area is 173 Å². The number of carbonyl (C=O) groups excluding carboxylic acids is 1. The molecule has 0 spiro atoms. The number of carboxylic acids is 1. The summed E-state index contributed by atoms with van der Waals surface area (Å²) in [6, 6.07) is 11.8. The lowest BCUT2D eigenvalue weighted by atomic mass is 10.2. The number of nitrogens with zero attached hydrogens (tertiary/aromatic N) is 3. The molecule has 1 heterocycles. The lowest BCUT2D eigenvalue weighted by molar-refractivity contribution is -0.383. The van der Waals surface area contributed by atoms with Gasteiger partial charge >= 0.3 is 11.7 Å². The molecule has 1 aromatic heterocycles. The van der Waals surface area contributed by atoms with Crippen LogP contribution in [0.25, 0.3) is 0 Å². The Hall–Kier alpha value is -4.25. The Balaban J connectivity index is 1.82. The van der Waals surface area contributed by atoms with Gasteiger partial charge in [-0.05, 0) is 36.4 Å². The average molecular weight is 429 g/mol. The standard InChI is InChI=1S/C18H13ClN6O5/c19-13-4-2-1-3-12(13)17(26)24-23-16-14(25(29)30)15(20-9-21-16)22-11-7-5-10(6-8-11)18(27)28/h1-9H,(H,24,26)(H,27,28)(H2,20,21,22,23). The fourth-order valence-corrected chi connectivity index (χ4v) is 2.62. The lowest BCUT2D eigenvalue weighted by Gasteiger charge is -2.11. The summed E-state index contributed by atoms with van der Waals surface area (Å²) in [6.07, 6.45) is 1.06. The van der Waals surface area contributed by atoms with E-state index in [0.717, 1.165) is 6.33 Å². The molecule has 0 fully saturated rings. The maximum atomic E-state index is 12.2. The van der Waals surface area contributed by atoms with Crippen LogP contribution in [-0.2, 0) is 0 Å². The number of benzene rings is 2. The normalized spacial score (nSPS) is 10.2. The smallest absolute Gasteiger partial charge is 0.355 e. The van der Waals surface area contributed by atoms with Gasteiger partial charge in [0.25, 0.3) is 5.91 Å². The highest BCUT2D eigenvalue weighted by Gasteiger charge is 2.24. The summed E-state index contributed by atoms with van der Waals surface area (Å²) in [7, 11) is 0. The highest BCUT2D eigenvalue weighted by Crippen LogP contribution is 2.30. The largest absolute Gasteiger partial charge is 0.478 e. The number of aromatic nitrogens is 2. The number of amides is 1. The van der Waals surface area contributed by atoms with Crippen LogP contribution in [0.2, 0.25) is 5.02 Å². The van der Waals surface area contributed by atoms with E-state index >= 15 is 0 Å². The van der Waals surface area contributed by atoms with Crippen LogP contribution in [0.1, 0.15) is 20.7 Å². The fourth-order valence-electron chi connectivity index (χ4n) is 2.40. The quantitative estimate of drug-likeness (QED) is 0.327. The summed E-state index contributed by atoms with van der Waals surface area (Å²) in [5, 5.41) is 23.5. The number of halogens is 1. The topological polar surface area (TPSA) is 159 Å². The molecule has 0 radical (unpaired) electrons. The van der Waals surface area contributed by atoms with E-state index in [2.05, 4.69) is 26.1 Å². The van der Waals surface area contributed by atoms with E-state index in [1.165, 1.54) is 36.4 Å². The summed E-state index contributed by atoms with van der Waals surface area (Å²) in [6.45, 7) is 0. The number of hydrazine groups is 1. The minimum absolute atomic E-state index is 0.0578. The number of carbonyl (C=O) groups is 2. The molecular formula is C18H13ClN6O5. The molecule has 0 saturated carbocycles. The Morgan fingerprint density at radius 1 is 1.03 bits per heavy atom. The van der Waals surface area contributed by atoms with Gasteiger partial charge in [0.05, 0.1) is 21.1 Å². The monoisotopic (exact) mass is 428 g/mol. The number of rotatable bonds is 7. The molecule has 1 amide bonds. The van der Waals surface area contributed by atoms with Crippen molar-refractivity contribution in [1.82, 2.24) is 15.4 Å². The zero-order valence-electron chi connectivity index (χ0n) is 15.0. The van der Waals surface area contributed by atoms with Crippen LogP contribution < -0.4 is 16.2 Å². The number of hydrogen-bond donors (Lipinski definition) is 4. The maximum Gasteiger partial charge on any atom is 0.355 e. The Morgan fingerprint density at radius 3 is 2.33 bits per heavy atom. The number of aromatic carboxylic acids is 1. The molecule has 0 bridgehead atoms. The molecule has 0 aliphatic carbocycles. The van der Waals surface area contributed by atoms with Crippen molar-refractivity contribution >= 4 is 46.5 Å². The van der Waals surface area contributed by atoms with Crippen molar-refractivity contribution in [3.8, 4) is 0 Å². The molecular weight excluding hydrogens is 416 g/mol. The minimum Gasteiger partial charge on any atom is -0.478 e. The van der Waals surface area contributed by atoms with Crippen LogP contribution in [0.15, 0.2) is 54.9 Å². The first-order chi connectivity index (χ1) is 14.4. The molecule has 3 aromatic rings. The first kappa shape index (κ1) is 20.5. The van der Waals surface area contributed by atoms with Crippen molar-refractivity contribution in [2.45, 2.75) is 0 Å². The molecule has 0 aliphatic rings. The zero-order chi connectivity index (χ0) is 21.7. The first-order valence-corrected chi connectivity index (χ1v) is 8.65. The average Bonchev–Trinajstić information content (AvgIpc) is 2.72. The second-order valence-corrected chi connectivity index (χ2v) is 6.15. The number of nitrogens with one attached hydrogen (secondary N) is 3.